The highest BCUT2D eigenvalue weighted by atomic mass is 16.4. The summed E-state index contributed by atoms with van der Waals surface area (Å²) < 4.78 is 0. The fraction of sp³-hybridized carbons (Fsp3) is 0.500. The number of rotatable bonds is 5. The molecule has 0 aliphatic carbocycles. The second-order valence-corrected chi connectivity index (χ2v) is 5.18. The van der Waals surface area contributed by atoms with Crippen molar-refractivity contribution in [1.29, 1.82) is 0 Å². The number of anilines is 1. The van der Waals surface area contributed by atoms with Gasteiger partial charge in [-0.25, -0.2) is 4.79 Å². The first-order chi connectivity index (χ1) is 9.57. The maximum atomic E-state index is 12.5. The van der Waals surface area contributed by atoms with E-state index in [4.69, 9.17) is 5.11 Å². The first-order valence-electron chi connectivity index (χ1n) is 6.78. The molecule has 1 aromatic heterocycles. The maximum Gasteiger partial charge on any atom is 0.337 e. The number of carboxylic acid groups (broad SMARTS) is 1. The van der Waals surface area contributed by atoms with E-state index in [9.17, 15) is 9.59 Å². The van der Waals surface area contributed by atoms with Crippen molar-refractivity contribution in [3.8, 4) is 0 Å². The van der Waals surface area contributed by atoms with E-state index in [0.29, 0.717) is 12.2 Å². The highest BCUT2D eigenvalue weighted by Crippen LogP contribution is 2.32. The van der Waals surface area contributed by atoms with Crippen molar-refractivity contribution in [2.45, 2.75) is 26.2 Å². The molecular formula is C14H19N3O3. The molecule has 1 fully saturated rings. The molecule has 0 spiro atoms. The zero-order valence-electron chi connectivity index (χ0n) is 11.5. The molecule has 20 heavy (non-hydrogen) atoms. The Labute approximate surface area is 117 Å². The number of carbonyl (C=O) groups excluding carboxylic acids is 1. The minimum Gasteiger partial charge on any atom is -0.478 e. The Kier molecular flexibility index (Phi) is 4.34. The summed E-state index contributed by atoms with van der Waals surface area (Å²) in [5, 5.41) is 15.0. The highest BCUT2D eigenvalue weighted by Gasteiger charge is 2.40. The molecule has 0 radical (unpaired) electrons. The van der Waals surface area contributed by atoms with Crippen LogP contribution in [0.2, 0.25) is 0 Å². The van der Waals surface area contributed by atoms with E-state index < -0.39 is 11.4 Å². The lowest BCUT2D eigenvalue weighted by atomic mass is 9.81. The van der Waals surface area contributed by atoms with Crippen LogP contribution < -0.4 is 10.6 Å². The molecule has 1 atom stereocenters. The van der Waals surface area contributed by atoms with Crippen molar-refractivity contribution in [3.05, 3.63) is 24.0 Å². The maximum absolute atomic E-state index is 12.5. The first kappa shape index (κ1) is 14.5. The minimum atomic E-state index is -1.06. The zero-order valence-corrected chi connectivity index (χ0v) is 11.5. The third-order valence-electron chi connectivity index (χ3n) is 3.70. The number of carboxylic acids is 1. The summed E-state index contributed by atoms with van der Waals surface area (Å²) in [6.45, 7) is 3.56. The van der Waals surface area contributed by atoms with Crippen LogP contribution in [0.3, 0.4) is 0 Å². The van der Waals surface area contributed by atoms with Gasteiger partial charge in [0, 0.05) is 12.7 Å². The van der Waals surface area contributed by atoms with Crippen LogP contribution in [0.15, 0.2) is 18.5 Å². The topological polar surface area (TPSA) is 91.3 Å². The van der Waals surface area contributed by atoms with E-state index in [1.165, 1.54) is 18.5 Å². The van der Waals surface area contributed by atoms with Gasteiger partial charge in [-0.05, 0) is 25.5 Å². The Hall–Kier alpha value is -1.95. The predicted octanol–water partition coefficient (Wildman–Crippen LogP) is 1.50. The third kappa shape index (κ3) is 2.96. The number of aromatic nitrogens is 1. The molecule has 0 saturated carbocycles. The highest BCUT2D eigenvalue weighted by molar-refractivity contribution is 5.97. The van der Waals surface area contributed by atoms with Crippen molar-refractivity contribution in [2.75, 3.05) is 18.4 Å². The van der Waals surface area contributed by atoms with Gasteiger partial charge >= 0.3 is 5.97 Å². The Morgan fingerprint density at radius 3 is 2.90 bits per heavy atom. The van der Waals surface area contributed by atoms with E-state index in [1.807, 2.05) is 0 Å². The van der Waals surface area contributed by atoms with Gasteiger partial charge < -0.3 is 15.7 Å². The fourth-order valence-corrected chi connectivity index (χ4v) is 2.63. The van der Waals surface area contributed by atoms with Crippen LogP contribution in [0.25, 0.3) is 0 Å². The third-order valence-corrected chi connectivity index (χ3v) is 3.70. The minimum absolute atomic E-state index is 0.0614. The van der Waals surface area contributed by atoms with Gasteiger partial charge in [0.1, 0.15) is 0 Å². The molecule has 1 aliphatic heterocycles. The molecule has 1 saturated heterocycles. The van der Waals surface area contributed by atoms with Crippen molar-refractivity contribution >= 4 is 17.6 Å². The molecule has 6 heteroatoms. The molecule has 1 amide bonds. The van der Waals surface area contributed by atoms with E-state index in [1.54, 1.807) is 0 Å². The van der Waals surface area contributed by atoms with Gasteiger partial charge in [-0.1, -0.05) is 13.3 Å². The van der Waals surface area contributed by atoms with Crippen LogP contribution in [0.1, 0.15) is 36.5 Å². The Balaban J connectivity index is 2.14. The normalized spacial score (nSPS) is 21.6. The lowest BCUT2D eigenvalue weighted by Gasteiger charge is -2.26. The smallest absolute Gasteiger partial charge is 0.337 e. The van der Waals surface area contributed by atoms with Gasteiger partial charge in [0.25, 0.3) is 0 Å². The van der Waals surface area contributed by atoms with E-state index >= 15 is 0 Å². The number of hydrogen-bond acceptors (Lipinski definition) is 4. The van der Waals surface area contributed by atoms with E-state index in [2.05, 4.69) is 22.5 Å². The van der Waals surface area contributed by atoms with E-state index in [0.717, 1.165) is 25.8 Å². The molecule has 3 N–H and O–H groups in total. The Bertz CT molecular complexity index is 510. The van der Waals surface area contributed by atoms with Crippen LogP contribution in [0.5, 0.6) is 0 Å². The van der Waals surface area contributed by atoms with Gasteiger partial charge in [-0.15, -0.1) is 0 Å². The summed E-state index contributed by atoms with van der Waals surface area (Å²) in [6.07, 6.45) is 5.28. The molecule has 6 nitrogen and oxygen atoms in total. The molecule has 0 bridgehead atoms. The fourth-order valence-electron chi connectivity index (χ4n) is 2.63. The molecule has 1 unspecified atom stereocenters. The Morgan fingerprint density at radius 2 is 2.30 bits per heavy atom. The van der Waals surface area contributed by atoms with Crippen molar-refractivity contribution in [3.63, 3.8) is 0 Å². The quantitative estimate of drug-likeness (QED) is 0.758. The van der Waals surface area contributed by atoms with Gasteiger partial charge in [0.2, 0.25) is 5.91 Å². The first-order valence-corrected chi connectivity index (χ1v) is 6.78. The van der Waals surface area contributed by atoms with Gasteiger partial charge in [-0.2, -0.15) is 0 Å². The van der Waals surface area contributed by atoms with Crippen molar-refractivity contribution in [1.82, 2.24) is 10.3 Å². The summed E-state index contributed by atoms with van der Waals surface area (Å²) in [4.78, 5) is 27.2. The molecule has 108 valence electrons. The summed E-state index contributed by atoms with van der Waals surface area (Å²) in [7, 11) is 0. The number of carbonyl (C=O) groups is 2. The number of aromatic carboxylic acids is 1. The van der Waals surface area contributed by atoms with Gasteiger partial charge in [-0.3, -0.25) is 9.78 Å². The van der Waals surface area contributed by atoms with Crippen LogP contribution in [0, 0.1) is 5.41 Å². The molecule has 0 aromatic carbocycles. The van der Waals surface area contributed by atoms with Crippen LogP contribution in [-0.4, -0.2) is 35.1 Å². The molecule has 2 heterocycles. The van der Waals surface area contributed by atoms with Gasteiger partial charge in [0.15, 0.2) is 0 Å². The van der Waals surface area contributed by atoms with E-state index in [-0.39, 0.29) is 11.5 Å². The second-order valence-electron chi connectivity index (χ2n) is 5.18. The summed E-state index contributed by atoms with van der Waals surface area (Å²) >= 11 is 0. The van der Waals surface area contributed by atoms with Crippen LogP contribution in [0.4, 0.5) is 5.69 Å². The monoisotopic (exact) mass is 277 g/mol. The standard InChI is InChI=1S/C14H19N3O3/c1-2-3-14(4-5-15-9-14)13(20)17-11-6-10(12(18)19)7-16-8-11/h6-8,15H,2-5,9H2,1H3,(H,17,20)(H,18,19). The lowest BCUT2D eigenvalue weighted by molar-refractivity contribution is -0.125. The predicted molar refractivity (Wildman–Crippen MR) is 74.7 cm³/mol. The number of nitrogens with zero attached hydrogens (tertiary/aromatic N) is 1. The summed E-state index contributed by atoms with van der Waals surface area (Å²) in [6, 6.07) is 1.43. The van der Waals surface area contributed by atoms with Crippen LogP contribution in [-0.2, 0) is 4.79 Å². The number of pyridine rings is 1. The average Bonchev–Trinajstić information content (AvgIpc) is 2.89. The van der Waals surface area contributed by atoms with Crippen LogP contribution >= 0.6 is 0 Å². The largest absolute Gasteiger partial charge is 0.478 e. The number of nitrogens with one attached hydrogen (secondary N) is 2. The SMILES string of the molecule is CCCC1(C(=O)Nc2cncc(C(=O)O)c2)CCNC1. The van der Waals surface area contributed by atoms with Crippen molar-refractivity contribution in [2.24, 2.45) is 5.41 Å². The summed E-state index contributed by atoms with van der Waals surface area (Å²) in [5.41, 5.74) is 0.0997. The number of amides is 1. The van der Waals surface area contributed by atoms with Crippen molar-refractivity contribution < 1.29 is 14.7 Å². The molecule has 2 rings (SSSR count). The second kappa shape index (κ2) is 6.00. The Morgan fingerprint density at radius 1 is 1.50 bits per heavy atom. The molecular weight excluding hydrogens is 258 g/mol. The van der Waals surface area contributed by atoms with Gasteiger partial charge in [0.05, 0.1) is 22.9 Å². The average molecular weight is 277 g/mol. The molecule has 1 aliphatic rings. The lowest BCUT2D eigenvalue weighted by Crippen LogP contribution is -2.38. The summed E-state index contributed by atoms with van der Waals surface area (Å²) in [5.74, 6) is -1.12. The number of hydrogen-bond donors (Lipinski definition) is 3. The zero-order chi connectivity index (χ0) is 14.6. The molecule has 1 aromatic rings.